The summed E-state index contributed by atoms with van der Waals surface area (Å²) < 4.78 is 15.2. The molecule has 24 heavy (non-hydrogen) atoms. The van der Waals surface area contributed by atoms with Gasteiger partial charge in [-0.3, -0.25) is 9.59 Å². The van der Waals surface area contributed by atoms with Gasteiger partial charge in [-0.15, -0.1) is 0 Å². The van der Waals surface area contributed by atoms with E-state index in [0.717, 1.165) is 5.56 Å². The van der Waals surface area contributed by atoms with Crippen molar-refractivity contribution >= 4 is 11.7 Å². The second kappa shape index (κ2) is 6.57. The number of hydrogen-bond donors (Lipinski definition) is 1. The van der Waals surface area contributed by atoms with Gasteiger partial charge >= 0.3 is 0 Å². The molecule has 6 heteroatoms. The quantitative estimate of drug-likeness (QED) is 0.878. The SMILES string of the molecule is CC(=O)c1cc(C(=O)N2CCNCC2c2cccc(F)c2)n(C)c1. The highest BCUT2D eigenvalue weighted by Crippen LogP contribution is 2.25. The molecule has 0 radical (unpaired) electrons. The minimum Gasteiger partial charge on any atom is -0.346 e. The predicted molar refractivity (Wildman–Crippen MR) is 88.5 cm³/mol. The topological polar surface area (TPSA) is 54.3 Å². The lowest BCUT2D eigenvalue weighted by atomic mass is 10.0. The van der Waals surface area contributed by atoms with Crippen molar-refractivity contribution < 1.29 is 14.0 Å². The maximum absolute atomic E-state index is 13.6. The molecule has 2 heterocycles. The van der Waals surface area contributed by atoms with Gasteiger partial charge in [0.2, 0.25) is 0 Å². The second-order valence-corrected chi connectivity index (χ2v) is 6.05. The monoisotopic (exact) mass is 329 g/mol. The number of hydrogen-bond acceptors (Lipinski definition) is 3. The highest BCUT2D eigenvalue weighted by Gasteiger charge is 2.30. The molecule has 5 nitrogen and oxygen atoms in total. The molecule has 1 fully saturated rings. The minimum absolute atomic E-state index is 0.0772. The zero-order valence-electron chi connectivity index (χ0n) is 13.8. The Hall–Kier alpha value is -2.47. The van der Waals surface area contributed by atoms with Crippen LogP contribution in [0.25, 0.3) is 0 Å². The van der Waals surface area contributed by atoms with Gasteiger partial charge in [0.1, 0.15) is 11.5 Å². The number of nitrogens with one attached hydrogen (secondary N) is 1. The summed E-state index contributed by atoms with van der Waals surface area (Å²) >= 11 is 0. The Morgan fingerprint density at radius 3 is 2.75 bits per heavy atom. The maximum atomic E-state index is 13.6. The molecule has 1 aliphatic rings. The fraction of sp³-hybridized carbons (Fsp3) is 0.333. The van der Waals surface area contributed by atoms with Crippen LogP contribution in [0, 0.1) is 5.82 Å². The lowest BCUT2D eigenvalue weighted by molar-refractivity contribution is 0.0624. The Morgan fingerprint density at radius 1 is 1.29 bits per heavy atom. The van der Waals surface area contributed by atoms with Gasteiger partial charge in [0.25, 0.3) is 5.91 Å². The summed E-state index contributed by atoms with van der Waals surface area (Å²) in [6, 6.07) is 7.71. The van der Waals surface area contributed by atoms with Crippen molar-refractivity contribution in [3.8, 4) is 0 Å². The van der Waals surface area contributed by atoms with E-state index in [9.17, 15) is 14.0 Å². The van der Waals surface area contributed by atoms with Crippen molar-refractivity contribution in [3.05, 3.63) is 59.2 Å². The first kappa shape index (κ1) is 16.4. The van der Waals surface area contributed by atoms with Crippen molar-refractivity contribution in [3.63, 3.8) is 0 Å². The average molecular weight is 329 g/mol. The molecule has 126 valence electrons. The van der Waals surface area contributed by atoms with Gasteiger partial charge in [0, 0.05) is 38.4 Å². The fourth-order valence-corrected chi connectivity index (χ4v) is 3.08. The lowest BCUT2D eigenvalue weighted by Gasteiger charge is -2.36. The molecular formula is C18H20FN3O2. The van der Waals surface area contributed by atoms with E-state index in [4.69, 9.17) is 0 Å². The molecule has 1 saturated heterocycles. The third-order valence-corrected chi connectivity index (χ3v) is 4.37. The van der Waals surface area contributed by atoms with E-state index in [1.54, 1.807) is 34.8 Å². The highest BCUT2D eigenvalue weighted by atomic mass is 19.1. The van der Waals surface area contributed by atoms with Crippen LogP contribution < -0.4 is 5.32 Å². The summed E-state index contributed by atoms with van der Waals surface area (Å²) in [7, 11) is 1.75. The molecule has 1 aromatic carbocycles. The molecule has 0 aliphatic carbocycles. The number of ketones is 1. The van der Waals surface area contributed by atoms with Crippen molar-refractivity contribution in [2.45, 2.75) is 13.0 Å². The molecule has 2 aromatic rings. The minimum atomic E-state index is -0.316. The van der Waals surface area contributed by atoms with Crippen LogP contribution in [0.2, 0.25) is 0 Å². The van der Waals surface area contributed by atoms with Gasteiger partial charge in [-0.2, -0.15) is 0 Å². The first-order valence-corrected chi connectivity index (χ1v) is 7.92. The van der Waals surface area contributed by atoms with E-state index >= 15 is 0 Å². The molecule has 1 atom stereocenters. The van der Waals surface area contributed by atoms with Gasteiger partial charge in [-0.1, -0.05) is 12.1 Å². The number of carbonyl (C=O) groups is 2. The molecule has 0 spiro atoms. The van der Waals surface area contributed by atoms with Crippen molar-refractivity contribution in [2.24, 2.45) is 7.05 Å². The maximum Gasteiger partial charge on any atom is 0.271 e. The number of halogens is 1. The second-order valence-electron chi connectivity index (χ2n) is 6.05. The third-order valence-electron chi connectivity index (χ3n) is 4.37. The molecule has 0 saturated carbocycles. The van der Waals surface area contributed by atoms with Crippen LogP contribution in [0.1, 0.15) is 39.4 Å². The summed E-state index contributed by atoms with van der Waals surface area (Å²) in [6.45, 7) is 3.26. The van der Waals surface area contributed by atoms with Crippen LogP contribution in [-0.4, -0.2) is 40.8 Å². The molecule has 1 amide bonds. The third kappa shape index (κ3) is 3.10. The van der Waals surface area contributed by atoms with Gasteiger partial charge in [-0.05, 0) is 30.7 Å². The molecule has 1 unspecified atom stereocenters. The number of nitrogens with zero attached hydrogens (tertiary/aromatic N) is 2. The Morgan fingerprint density at radius 2 is 2.08 bits per heavy atom. The van der Waals surface area contributed by atoms with E-state index < -0.39 is 0 Å². The molecule has 0 bridgehead atoms. The Balaban J connectivity index is 1.93. The molecule has 1 aromatic heterocycles. The summed E-state index contributed by atoms with van der Waals surface area (Å²) in [5, 5.41) is 3.25. The molecular weight excluding hydrogens is 309 g/mol. The summed E-state index contributed by atoms with van der Waals surface area (Å²) in [5.41, 5.74) is 1.73. The van der Waals surface area contributed by atoms with Gasteiger partial charge in [0.05, 0.1) is 6.04 Å². The Labute approximate surface area is 140 Å². The average Bonchev–Trinajstić information content (AvgIpc) is 2.96. The van der Waals surface area contributed by atoms with Crippen molar-refractivity contribution in [1.29, 1.82) is 0 Å². The molecule has 3 rings (SSSR count). The highest BCUT2D eigenvalue weighted by molar-refractivity contribution is 5.99. The van der Waals surface area contributed by atoms with E-state index in [0.29, 0.717) is 30.9 Å². The van der Waals surface area contributed by atoms with Gasteiger partial charge in [0.15, 0.2) is 5.78 Å². The van der Waals surface area contributed by atoms with Gasteiger partial charge < -0.3 is 14.8 Å². The van der Waals surface area contributed by atoms with Crippen LogP contribution in [0.4, 0.5) is 4.39 Å². The number of aromatic nitrogens is 1. The number of carbonyl (C=O) groups excluding carboxylic acids is 2. The van der Waals surface area contributed by atoms with Crippen LogP contribution in [0.5, 0.6) is 0 Å². The summed E-state index contributed by atoms with van der Waals surface area (Å²) in [6.07, 6.45) is 1.66. The number of piperazine rings is 1. The smallest absolute Gasteiger partial charge is 0.271 e. The van der Waals surface area contributed by atoms with Crippen LogP contribution in [0.3, 0.4) is 0 Å². The molecule has 1 N–H and O–H groups in total. The van der Waals surface area contributed by atoms with E-state index in [2.05, 4.69) is 5.32 Å². The number of Topliss-reactive ketones (excluding diaryl/α,β-unsaturated/α-hetero) is 1. The zero-order valence-corrected chi connectivity index (χ0v) is 13.8. The predicted octanol–water partition coefficient (Wildman–Crippen LogP) is 2.15. The number of amides is 1. The van der Waals surface area contributed by atoms with Crippen molar-refractivity contribution in [1.82, 2.24) is 14.8 Å². The largest absolute Gasteiger partial charge is 0.346 e. The number of benzene rings is 1. The number of aryl methyl sites for hydroxylation is 1. The first-order valence-electron chi connectivity index (χ1n) is 7.92. The Bertz CT molecular complexity index is 784. The fourth-order valence-electron chi connectivity index (χ4n) is 3.08. The standard InChI is InChI=1S/C18H20FN3O2/c1-12(23)14-9-16(21(2)11-14)18(24)22-7-6-20-10-17(22)13-4-3-5-15(19)8-13/h3-5,8-9,11,17,20H,6-7,10H2,1-2H3. The number of rotatable bonds is 3. The van der Waals surface area contributed by atoms with Crippen LogP contribution >= 0.6 is 0 Å². The normalized spacial score (nSPS) is 17.8. The van der Waals surface area contributed by atoms with E-state index in [1.807, 2.05) is 6.07 Å². The Kier molecular flexibility index (Phi) is 4.49. The molecule has 1 aliphatic heterocycles. The van der Waals surface area contributed by atoms with Crippen LogP contribution in [-0.2, 0) is 7.05 Å². The van der Waals surface area contributed by atoms with Crippen molar-refractivity contribution in [2.75, 3.05) is 19.6 Å². The zero-order chi connectivity index (χ0) is 17.3. The lowest BCUT2D eigenvalue weighted by Crippen LogP contribution is -2.49. The van der Waals surface area contributed by atoms with E-state index in [-0.39, 0.29) is 23.5 Å². The van der Waals surface area contributed by atoms with Crippen LogP contribution in [0.15, 0.2) is 36.5 Å². The summed E-state index contributed by atoms with van der Waals surface area (Å²) in [5.74, 6) is -0.546. The van der Waals surface area contributed by atoms with Gasteiger partial charge in [-0.25, -0.2) is 4.39 Å². The van der Waals surface area contributed by atoms with E-state index in [1.165, 1.54) is 19.1 Å². The summed E-state index contributed by atoms with van der Waals surface area (Å²) in [4.78, 5) is 26.3. The first-order chi connectivity index (χ1) is 11.5.